The van der Waals surface area contributed by atoms with E-state index in [1.165, 1.54) is 19.3 Å². The maximum atomic E-state index is 14.1. The summed E-state index contributed by atoms with van der Waals surface area (Å²) in [5, 5.41) is 9.77. The van der Waals surface area contributed by atoms with E-state index in [0.717, 1.165) is 30.9 Å². The molecule has 0 bridgehead atoms. The number of rotatable bonds is 3. The Morgan fingerprint density at radius 3 is 2.57 bits per heavy atom. The number of urea groups is 1. The highest BCUT2D eigenvalue weighted by Crippen LogP contribution is 2.41. The van der Waals surface area contributed by atoms with E-state index in [2.05, 4.69) is 27.3 Å². The number of anilines is 1. The Balaban J connectivity index is 0.00000289. The van der Waals surface area contributed by atoms with Crippen molar-refractivity contribution in [1.82, 2.24) is 24.9 Å². The van der Waals surface area contributed by atoms with Gasteiger partial charge in [0.25, 0.3) is 5.91 Å². The van der Waals surface area contributed by atoms with E-state index in [4.69, 9.17) is 0 Å². The van der Waals surface area contributed by atoms with E-state index < -0.39 is 23.1 Å². The molecule has 1 saturated heterocycles. The second-order valence-corrected chi connectivity index (χ2v) is 10.1. The molecule has 3 heterocycles. The standard InChI is InChI=1S/C24H30F2N6O2.CH4/c1-14-12-30(16-5-4-6-16)9-10-31(14)23(34)32-13-18-20(24(32,2)3)28-29-21(18)27-22(33)17-8-7-15(25)11-19(17)26;/h7-8,11,14,16H,4-6,9-10,12-13H2,1-3H3,(H2,27,28,29,33);1H4/t14-;/m0./s1. The number of amides is 3. The highest BCUT2D eigenvalue weighted by Gasteiger charge is 2.46. The largest absolute Gasteiger partial charge is 0.321 e. The van der Waals surface area contributed by atoms with E-state index >= 15 is 0 Å². The molecule has 3 aliphatic rings. The number of H-pyrrole nitrogens is 1. The van der Waals surface area contributed by atoms with Gasteiger partial charge in [0.1, 0.15) is 11.6 Å². The SMILES string of the molecule is C.C[C@H]1CN(C2CCC2)CCN1C(=O)N1Cc2c(NC(=O)c3ccc(F)cc3F)n[nH]c2C1(C)C. The number of benzene rings is 1. The first-order chi connectivity index (χ1) is 16.2. The number of halogens is 2. The van der Waals surface area contributed by atoms with Gasteiger partial charge in [0.15, 0.2) is 5.82 Å². The van der Waals surface area contributed by atoms with Crippen LogP contribution in [0.5, 0.6) is 0 Å². The first-order valence-corrected chi connectivity index (χ1v) is 11.8. The molecule has 0 radical (unpaired) electrons. The van der Waals surface area contributed by atoms with Crippen LogP contribution in [0.4, 0.5) is 19.4 Å². The molecule has 1 aromatic heterocycles. The van der Waals surface area contributed by atoms with Crippen LogP contribution in [0, 0.1) is 11.6 Å². The van der Waals surface area contributed by atoms with Crippen molar-refractivity contribution in [2.75, 3.05) is 25.0 Å². The molecule has 0 unspecified atom stereocenters. The van der Waals surface area contributed by atoms with Gasteiger partial charge in [-0.25, -0.2) is 13.6 Å². The Bertz CT molecular complexity index is 1130. The van der Waals surface area contributed by atoms with Crippen molar-refractivity contribution in [3.05, 3.63) is 46.7 Å². The lowest BCUT2D eigenvalue weighted by Gasteiger charge is -2.47. The lowest BCUT2D eigenvalue weighted by atomic mass is 9.90. The molecule has 2 aliphatic heterocycles. The zero-order valence-corrected chi connectivity index (χ0v) is 19.7. The molecular weight excluding hydrogens is 454 g/mol. The van der Waals surface area contributed by atoms with Crippen LogP contribution in [0.3, 0.4) is 0 Å². The zero-order valence-electron chi connectivity index (χ0n) is 19.7. The molecule has 1 atom stereocenters. The highest BCUT2D eigenvalue weighted by atomic mass is 19.1. The number of aromatic nitrogens is 2. The van der Waals surface area contributed by atoms with Crippen LogP contribution in [0.25, 0.3) is 0 Å². The molecule has 1 aromatic carbocycles. The minimum absolute atomic E-state index is 0. The lowest BCUT2D eigenvalue weighted by molar-refractivity contribution is 0.0266. The van der Waals surface area contributed by atoms with Gasteiger partial charge >= 0.3 is 6.03 Å². The monoisotopic (exact) mass is 488 g/mol. The predicted octanol–water partition coefficient (Wildman–Crippen LogP) is 4.31. The summed E-state index contributed by atoms with van der Waals surface area (Å²) in [5.74, 6) is -2.18. The Morgan fingerprint density at radius 1 is 1.20 bits per heavy atom. The summed E-state index contributed by atoms with van der Waals surface area (Å²) < 4.78 is 27.3. The van der Waals surface area contributed by atoms with E-state index in [1.54, 1.807) is 4.90 Å². The van der Waals surface area contributed by atoms with E-state index in [-0.39, 0.29) is 37.4 Å². The number of nitrogens with zero attached hydrogens (tertiary/aromatic N) is 4. The Hall–Kier alpha value is -3.01. The molecule has 5 rings (SSSR count). The van der Waals surface area contributed by atoms with E-state index in [9.17, 15) is 18.4 Å². The molecule has 1 saturated carbocycles. The Labute approximate surface area is 204 Å². The number of carbonyl (C=O) groups excluding carboxylic acids is 2. The van der Waals surface area contributed by atoms with Crippen LogP contribution in [0.2, 0.25) is 0 Å². The number of piperazine rings is 1. The minimum Gasteiger partial charge on any atom is -0.319 e. The third kappa shape index (κ3) is 4.28. The highest BCUT2D eigenvalue weighted by molar-refractivity contribution is 6.04. The summed E-state index contributed by atoms with van der Waals surface area (Å²) in [6.07, 6.45) is 3.79. The maximum Gasteiger partial charge on any atom is 0.321 e. The summed E-state index contributed by atoms with van der Waals surface area (Å²) in [6, 6.07) is 3.51. The third-order valence-corrected chi connectivity index (χ3v) is 7.60. The first-order valence-electron chi connectivity index (χ1n) is 11.8. The maximum absolute atomic E-state index is 14.1. The number of hydrogen-bond acceptors (Lipinski definition) is 4. The minimum atomic E-state index is -0.947. The van der Waals surface area contributed by atoms with Gasteiger partial charge in [-0.05, 0) is 45.7 Å². The smallest absolute Gasteiger partial charge is 0.319 e. The lowest BCUT2D eigenvalue weighted by Crippen LogP contribution is -2.60. The van der Waals surface area contributed by atoms with Gasteiger partial charge in [-0.2, -0.15) is 5.10 Å². The topological polar surface area (TPSA) is 84.6 Å². The quantitative estimate of drug-likeness (QED) is 0.675. The number of hydrogen-bond donors (Lipinski definition) is 2. The molecule has 2 fully saturated rings. The van der Waals surface area contributed by atoms with Crippen molar-refractivity contribution in [2.45, 2.75) is 71.6 Å². The van der Waals surface area contributed by atoms with Crippen molar-refractivity contribution < 1.29 is 18.4 Å². The summed E-state index contributed by atoms with van der Waals surface area (Å²) >= 11 is 0. The summed E-state index contributed by atoms with van der Waals surface area (Å²) in [4.78, 5) is 32.4. The van der Waals surface area contributed by atoms with E-state index in [0.29, 0.717) is 24.2 Å². The van der Waals surface area contributed by atoms with Crippen molar-refractivity contribution in [2.24, 2.45) is 0 Å². The van der Waals surface area contributed by atoms with E-state index in [1.807, 2.05) is 18.7 Å². The molecule has 2 aromatic rings. The molecular formula is C25H34F2N6O2. The van der Waals surface area contributed by atoms with Crippen molar-refractivity contribution in [3.8, 4) is 0 Å². The van der Waals surface area contributed by atoms with Gasteiger partial charge < -0.3 is 15.1 Å². The summed E-state index contributed by atoms with van der Waals surface area (Å²) in [5.41, 5.74) is 0.488. The summed E-state index contributed by atoms with van der Waals surface area (Å²) in [6.45, 7) is 8.69. The van der Waals surface area contributed by atoms with Gasteiger partial charge in [0.05, 0.1) is 23.3 Å². The fourth-order valence-electron chi connectivity index (χ4n) is 5.28. The van der Waals surface area contributed by atoms with Crippen LogP contribution in [0.15, 0.2) is 18.2 Å². The first kappa shape index (κ1) is 25.1. The van der Waals surface area contributed by atoms with Gasteiger partial charge in [-0.15, -0.1) is 0 Å². The normalized spacial score (nSPS) is 21.8. The molecule has 8 nitrogen and oxygen atoms in total. The van der Waals surface area contributed by atoms with Crippen molar-refractivity contribution in [3.63, 3.8) is 0 Å². The Kier molecular flexibility index (Phi) is 6.61. The third-order valence-electron chi connectivity index (χ3n) is 7.60. The fourth-order valence-corrected chi connectivity index (χ4v) is 5.28. The van der Waals surface area contributed by atoms with Crippen LogP contribution >= 0.6 is 0 Å². The van der Waals surface area contributed by atoms with Gasteiger partial charge in [-0.1, -0.05) is 13.8 Å². The average Bonchev–Trinajstić information content (AvgIpc) is 3.24. The predicted molar refractivity (Wildman–Crippen MR) is 129 cm³/mol. The zero-order chi connectivity index (χ0) is 24.2. The van der Waals surface area contributed by atoms with Crippen molar-refractivity contribution in [1.29, 1.82) is 0 Å². The molecule has 10 heteroatoms. The molecule has 35 heavy (non-hydrogen) atoms. The molecule has 0 spiro atoms. The van der Waals surface area contributed by atoms with Crippen molar-refractivity contribution >= 4 is 17.8 Å². The van der Waals surface area contributed by atoms with Gasteiger partial charge in [0, 0.05) is 43.3 Å². The van der Waals surface area contributed by atoms with Gasteiger partial charge in [0.2, 0.25) is 0 Å². The van der Waals surface area contributed by atoms with Crippen LogP contribution in [0.1, 0.15) is 69.1 Å². The van der Waals surface area contributed by atoms with Crippen LogP contribution in [-0.2, 0) is 12.1 Å². The summed E-state index contributed by atoms with van der Waals surface area (Å²) in [7, 11) is 0. The van der Waals surface area contributed by atoms with Gasteiger partial charge in [-0.3, -0.25) is 14.8 Å². The second kappa shape index (κ2) is 9.22. The second-order valence-electron chi connectivity index (χ2n) is 10.1. The number of fused-ring (bicyclic) bond motifs is 1. The van der Waals surface area contributed by atoms with Crippen LogP contribution in [-0.4, -0.2) is 68.6 Å². The molecule has 2 N–H and O–H groups in total. The van der Waals surface area contributed by atoms with Crippen LogP contribution < -0.4 is 5.32 Å². The number of nitrogens with one attached hydrogen (secondary N) is 2. The number of aromatic amines is 1. The number of carbonyl (C=O) groups is 2. The fraction of sp³-hybridized carbons (Fsp3) is 0.560. The molecule has 3 amide bonds. The molecule has 190 valence electrons. The Morgan fingerprint density at radius 2 is 1.94 bits per heavy atom. The average molecular weight is 489 g/mol. The molecule has 1 aliphatic carbocycles.